The van der Waals surface area contributed by atoms with Crippen molar-refractivity contribution in [3.05, 3.63) is 78.5 Å². The summed E-state index contributed by atoms with van der Waals surface area (Å²) in [4.78, 5) is 11.1. The van der Waals surface area contributed by atoms with E-state index in [0.717, 1.165) is 45.8 Å². The fourth-order valence-corrected chi connectivity index (χ4v) is 3.04. The number of allylic oxidation sites excluding steroid dienone is 4. The molecule has 0 atom stereocenters. The van der Waals surface area contributed by atoms with E-state index in [4.69, 9.17) is 0 Å². The predicted octanol–water partition coefficient (Wildman–Crippen LogP) is 4.19. The maximum atomic E-state index is 11.1. The minimum Gasteiger partial charge on any atom is -0.356 e. The lowest BCUT2D eigenvalue weighted by Crippen LogP contribution is -2.06. The van der Waals surface area contributed by atoms with Crippen LogP contribution in [0.1, 0.15) is 13.3 Å². The van der Waals surface area contributed by atoms with Crippen molar-refractivity contribution in [2.45, 2.75) is 13.3 Å². The van der Waals surface area contributed by atoms with Crippen LogP contribution in [0.4, 0.5) is 11.4 Å². The molecule has 0 bridgehead atoms. The Balaban J connectivity index is 1.42. The van der Waals surface area contributed by atoms with Gasteiger partial charge in [0, 0.05) is 36.1 Å². The van der Waals surface area contributed by atoms with Crippen LogP contribution in [-0.4, -0.2) is 20.9 Å². The van der Waals surface area contributed by atoms with E-state index in [2.05, 4.69) is 27.5 Å². The van der Waals surface area contributed by atoms with Gasteiger partial charge >= 0.3 is 0 Å². The number of anilines is 2. The first-order chi connectivity index (χ1) is 13.1. The van der Waals surface area contributed by atoms with Crippen LogP contribution in [0.2, 0.25) is 0 Å². The van der Waals surface area contributed by atoms with Crippen LogP contribution in [0.25, 0.3) is 16.7 Å². The maximum Gasteiger partial charge on any atom is 0.221 e. The Morgan fingerprint density at radius 1 is 1.04 bits per heavy atom. The molecule has 0 fully saturated rings. The lowest BCUT2D eigenvalue weighted by atomic mass is 10.1. The first-order valence-electron chi connectivity index (χ1n) is 8.65. The van der Waals surface area contributed by atoms with Crippen LogP contribution in [0.15, 0.2) is 78.5 Å². The first kappa shape index (κ1) is 16.8. The van der Waals surface area contributed by atoms with Gasteiger partial charge in [-0.25, -0.2) is 4.68 Å². The van der Waals surface area contributed by atoms with Gasteiger partial charge in [0.15, 0.2) is 0 Å². The molecular formula is C21H19N5O. The number of fused-ring (bicyclic) bond motifs is 1. The zero-order chi connectivity index (χ0) is 18.8. The van der Waals surface area contributed by atoms with E-state index in [1.807, 2.05) is 65.4 Å². The highest BCUT2D eigenvalue weighted by molar-refractivity contribution is 5.88. The number of carbonyl (C=O) groups excluding carboxylic acids is 1. The van der Waals surface area contributed by atoms with Crippen molar-refractivity contribution in [3.63, 3.8) is 0 Å². The van der Waals surface area contributed by atoms with E-state index >= 15 is 0 Å². The molecule has 6 heteroatoms. The number of hydrogen-bond acceptors (Lipinski definition) is 4. The van der Waals surface area contributed by atoms with Crippen molar-refractivity contribution in [1.29, 1.82) is 0 Å². The highest BCUT2D eigenvalue weighted by Gasteiger charge is 2.16. The monoisotopic (exact) mass is 357 g/mol. The van der Waals surface area contributed by atoms with Crippen LogP contribution < -0.4 is 10.6 Å². The molecule has 1 aliphatic carbocycles. The van der Waals surface area contributed by atoms with E-state index in [9.17, 15) is 4.79 Å². The molecule has 2 aromatic carbocycles. The van der Waals surface area contributed by atoms with E-state index in [1.165, 1.54) is 6.92 Å². The van der Waals surface area contributed by atoms with Gasteiger partial charge in [0.2, 0.25) is 5.91 Å². The first-order valence-corrected chi connectivity index (χ1v) is 8.65. The van der Waals surface area contributed by atoms with Gasteiger partial charge in [-0.3, -0.25) is 4.79 Å². The van der Waals surface area contributed by atoms with Gasteiger partial charge in [-0.05, 0) is 48.0 Å². The molecule has 0 spiro atoms. The van der Waals surface area contributed by atoms with Gasteiger partial charge in [0.1, 0.15) is 5.52 Å². The van der Waals surface area contributed by atoms with Gasteiger partial charge in [-0.15, -0.1) is 5.10 Å². The Bertz CT molecular complexity index is 1090. The normalized spacial score (nSPS) is 13.2. The van der Waals surface area contributed by atoms with Gasteiger partial charge in [-0.1, -0.05) is 30.0 Å². The summed E-state index contributed by atoms with van der Waals surface area (Å²) in [5, 5.41) is 14.5. The summed E-state index contributed by atoms with van der Waals surface area (Å²) in [6.07, 6.45) is 4.82. The standard InChI is InChI=1S/C21H19N5O/c1-14(22-17-8-10-18(11-9-17)23-15(2)27)16-7-12-19(13-16)26-21-6-4-3-5-20(21)24-25-26/h3-12,22H,1,13H2,2H3,(H,23,27). The predicted molar refractivity (Wildman–Crippen MR) is 108 cm³/mol. The second-order valence-electron chi connectivity index (χ2n) is 6.38. The highest BCUT2D eigenvalue weighted by atomic mass is 16.1. The second kappa shape index (κ2) is 6.92. The van der Waals surface area contributed by atoms with Crippen molar-refractivity contribution < 1.29 is 4.79 Å². The van der Waals surface area contributed by atoms with Gasteiger partial charge in [0.05, 0.1) is 5.52 Å². The molecule has 2 N–H and O–H groups in total. The van der Waals surface area contributed by atoms with E-state index in [0.29, 0.717) is 0 Å². The molecule has 0 saturated heterocycles. The quantitative estimate of drug-likeness (QED) is 0.718. The number of amides is 1. The Hall–Kier alpha value is -3.67. The van der Waals surface area contributed by atoms with Crippen molar-refractivity contribution in [1.82, 2.24) is 15.0 Å². The van der Waals surface area contributed by atoms with Gasteiger partial charge < -0.3 is 10.6 Å². The summed E-state index contributed by atoms with van der Waals surface area (Å²) in [6, 6.07) is 15.4. The summed E-state index contributed by atoms with van der Waals surface area (Å²) in [6.45, 7) is 5.64. The number of para-hydroxylation sites is 1. The zero-order valence-electron chi connectivity index (χ0n) is 14.9. The van der Waals surface area contributed by atoms with Crippen LogP contribution in [-0.2, 0) is 4.79 Å². The Kier molecular flexibility index (Phi) is 4.30. The molecule has 1 aromatic heterocycles. The fraction of sp³-hybridized carbons (Fsp3) is 0.0952. The average molecular weight is 357 g/mol. The van der Waals surface area contributed by atoms with E-state index in [1.54, 1.807) is 0 Å². The second-order valence-corrected chi connectivity index (χ2v) is 6.38. The van der Waals surface area contributed by atoms with Crippen LogP contribution in [0.5, 0.6) is 0 Å². The number of carbonyl (C=O) groups is 1. The van der Waals surface area contributed by atoms with Crippen LogP contribution >= 0.6 is 0 Å². The summed E-state index contributed by atoms with van der Waals surface area (Å²) < 4.78 is 1.87. The number of aromatic nitrogens is 3. The summed E-state index contributed by atoms with van der Waals surface area (Å²) in [7, 11) is 0. The Labute approximate surface area is 156 Å². The molecule has 3 aromatic rings. The summed E-state index contributed by atoms with van der Waals surface area (Å²) in [5.41, 5.74) is 6.53. The van der Waals surface area contributed by atoms with Crippen molar-refractivity contribution in [2.75, 3.05) is 10.6 Å². The smallest absolute Gasteiger partial charge is 0.221 e. The molecule has 1 aliphatic rings. The minimum absolute atomic E-state index is 0.0875. The Morgan fingerprint density at radius 3 is 2.48 bits per heavy atom. The highest BCUT2D eigenvalue weighted by Crippen LogP contribution is 2.30. The molecular weight excluding hydrogens is 338 g/mol. The number of nitrogens with zero attached hydrogens (tertiary/aromatic N) is 3. The summed E-state index contributed by atoms with van der Waals surface area (Å²) in [5.74, 6) is -0.0875. The largest absolute Gasteiger partial charge is 0.356 e. The van der Waals surface area contributed by atoms with E-state index < -0.39 is 0 Å². The molecule has 1 amide bonds. The SMILES string of the molecule is C=C(Nc1ccc(NC(C)=O)cc1)C1=CC=C(n2nnc3ccccc32)C1. The number of hydrogen-bond donors (Lipinski definition) is 2. The van der Waals surface area contributed by atoms with Crippen molar-refractivity contribution in [2.24, 2.45) is 0 Å². The number of benzene rings is 2. The zero-order valence-corrected chi connectivity index (χ0v) is 14.9. The van der Waals surface area contributed by atoms with Gasteiger partial charge in [0.25, 0.3) is 0 Å². The maximum absolute atomic E-state index is 11.1. The molecule has 0 saturated carbocycles. The fourth-order valence-electron chi connectivity index (χ4n) is 3.04. The van der Waals surface area contributed by atoms with Crippen molar-refractivity contribution in [3.8, 4) is 0 Å². The third kappa shape index (κ3) is 3.50. The van der Waals surface area contributed by atoms with E-state index in [-0.39, 0.29) is 5.91 Å². The van der Waals surface area contributed by atoms with Crippen LogP contribution in [0, 0.1) is 0 Å². The third-order valence-electron chi connectivity index (χ3n) is 4.36. The molecule has 0 radical (unpaired) electrons. The molecule has 1 heterocycles. The minimum atomic E-state index is -0.0875. The lowest BCUT2D eigenvalue weighted by Gasteiger charge is -2.12. The molecule has 0 aliphatic heterocycles. The lowest BCUT2D eigenvalue weighted by molar-refractivity contribution is -0.114. The molecule has 0 unspecified atom stereocenters. The molecule has 134 valence electrons. The Morgan fingerprint density at radius 2 is 1.74 bits per heavy atom. The van der Waals surface area contributed by atoms with Crippen molar-refractivity contribution >= 4 is 34.0 Å². The molecule has 27 heavy (non-hydrogen) atoms. The van der Waals surface area contributed by atoms with Gasteiger partial charge in [-0.2, -0.15) is 0 Å². The average Bonchev–Trinajstić information content (AvgIpc) is 3.29. The summed E-state index contributed by atoms with van der Waals surface area (Å²) >= 11 is 0. The molecule has 6 nitrogen and oxygen atoms in total. The topological polar surface area (TPSA) is 71.8 Å². The number of nitrogens with one attached hydrogen (secondary N) is 2. The third-order valence-corrected chi connectivity index (χ3v) is 4.36. The van der Waals surface area contributed by atoms with Crippen LogP contribution in [0.3, 0.4) is 0 Å². The molecule has 4 rings (SSSR count). The number of rotatable bonds is 5.